The standard InChI is InChI=1S/C9H11F3N2O2S/c10-9(11,12)3-1-5-17(15,16)8-2-4-14-6-7(8)13/h2,4,6H,1,3,5,13H2. The minimum Gasteiger partial charge on any atom is -0.396 e. The van der Waals surface area contributed by atoms with Crippen molar-refractivity contribution in [3.05, 3.63) is 18.5 Å². The number of alkyl halides is 3. The maximum absolute atomic E-state index is 11.9. The van der Waals surface area contributed by atoms with Gasteiger partial charge in [-0.1, -0.05) is 0 Å². The van der Waals surface area contributed by atoms with Gasteiger partial charge >= 0.3 is 6.18 Å². The van der Waals surface area contributed by atoms with Gasteiger partial charge in [-0.3, -0.25) is 4.98 Å². The molecule has 0 unspecified atom stereocenters. The second kappa shape index (κ2) is 4.91. The van der Waals surface area contributed by atoms with Gasteiger partial charge in [0.25, 0.3) is 0 Å². The first-order chi connectivity index (χ1) is 7.72. The van der Waals surface area contributed by atoms with E-state index in [0.29, 0.717) is 0 Å². The number of hydrogen-bond donors (Lipinski definition) is 1. The highest BCUT2D eigenvalue weighted by Gasteiger charge is 2.28. The van der Waals surface area contributed by atoms with Crippen LogP contribution in [0.3, 0.4) is 0 Å². The third-order valence-corrected chi connectivity index (χ3v) is 3.89. The van der Waals surface area contributed by atoms with Gasteiger partial charge < -0.3 is 5.73 Å². The van der Waals surface area contributed by atoms with Gasteiger partial charge in [0.2, 0.25) is 0 Å². The zero-order valence-corrected chi connectivity index (χ0v) is 9.55. The molecule has 1 rings (SSSR count). The van der Waals surface area contributed by atoms with E-state index in [0.717, 1.165) is 6.20 Å². The minimum atomic E-state index is -4.35. The van der Waals surface area contributed by atoms with Gasteiger partial charge in [-0.15, -0.1) is 0 Å². The number of sulfone groups is 1. The average molecular weight is 268 g/mol. The van der Waals surface area contributed by atoms with Crippen LogP contribution in [-0.2, 0) is 9.84 Å². The van der Waals surface area contributed by atoms with E-state index in [4.69, 9.17) is 5.73 Å². The number of anilines is 1. The van der Waals surface area contributed by atoms with E-state index in [9.17, 15) is 21.6 Å². The van der Waals surface area contributed by atoms with Crippen LogP contribution in [0, 0.1) is 0 Å². The number of pyridine rings is 1. The smallest absolute Gasteiger partial charge is 0.389 e. The number of aromatic nitrogens is 1. The number of nitrogens with zero attached hydrogens (tertiary/aromatic N) is 1. The maximum atomic E-state index is 11.9. The van der Waals surface area contributed by atoms with Crippen molar-refractivity contribution in [1.29, 1.82) is 0 Å². The summed E-state index contributed by atoms with van der Waals surface area (Å²) in [6.45, 7) is 0. The molecule has 0 aromatic carbocycles. The summed E-state index contributed by atoms with van der Waals surface area (Å²) in [7, 11) is -3.78. The fourth-order valence-corrected chi connectivity index (χ4v) is 2.67. The molecule has 8 heteroatoms. The van der Waals surface area contributed by atoms with Gasteiger partial charge in [0, 0.05) is 12.6 Å². The fraction of sp³-hybridized carbons (Fsp3) is 0.444. The Morgan fingerprint density at radius 3 is 2.53 bits per heavy atom. The van der Waals surface area contributed by atoms with Crippen molar-refractivity contribution in [2.45, 2.75) is 23.9 Å². The molecule has 0 spiro atoms. The van der Waals surface area contributed by atoms with Crippen LogP contribution in [0.2, 0.25) is 0 Å². The highest BCUT2D eigenvalue weighted by molar-refractivity contribution is 7.91. The average Bonchev–Trinajstić information content (AvgIpc) is 2.15. The van der Waals surface area contributed by atoms with Gasteiger partial charge in [-0.25, -0.2) is 8.42 Å². The van der Waals surface area contributed by atoms with E-state index in [1.165, 1.54) is 12.3 Å². The molecule has 0 amide bonds. The maximum Gasteiger partial charge on any atom is 0.389 e. The number of nitrogens with two attached hydrogens (primary N) is 1. The molecule has 96 valence electrons. The molecule has 1 aromatic rings. The summed E-state index contributed by atoms with van der Waals surface area (Å²) in [6, 6.07) is 1.18. The summed E-state index contributed by atoms with van der Waals surface area (Å²) in [4.78, 5) is 3.44. The number of nitrogen functional groups attached to an aromatic ring is 1. The van der Waals surface area contributed by atoms with Crippen molar-refractivity contribution in [2.75, 3.05) is 11.5 Å². The Labute approximate surface area is 96.6 Å². The van der Waals surface area contributed by atoms with Gasteiger partial charge in [-0.05, 0) is 12.5 Å². The molecule has 0 aliphatic carbocycles. The summed E-state index contributed by atoms with van der Waals surface area (Å²) < 4.78 is 59.0. The largest absolute Gasteiger partial charge is 0.396 e. The van der Waals surface area contributed by atoms with Gasteiger partial charge in [0.15, 0.2) is 9.84 Å². The summed E-state index contributed by atoms with van der Waals surface area (Å²) >= 11 is 0. The van der Waals surface area contributed by atoms with Crippen LogP contribution in [0.1, 0.15) is 12.8 Å². The first kappa shape index (κ1) is 13.8. The Morgan fingerprint density at radius 2 is 2.00 bits per heavy atom. The molecule has 1 heterocycles. The third-order valence-electron chi connectivity index (χ3n) is 2.02. The van der Waals surface area contributed by atoms with E-state index in [2.05, 4.69) is 4.98 Å². The molecule has 1 aromatic heterocycles. The molecule has 0 fully saturated rings. The molecule has 0 radical (unpaired) electrons. The Bertz CT molecular complexity index is 485. The Hall–Kier alpha value is -1.31. The lowest BCUT2D eigenvalue weighted by Crippen LogP contribution is -2.13. The quantitative estimate of drug-likeness (QED) is 0.903. The lowest BCUT2D eigenvalue weighted by atomic mass is 10.3. The molecule has 0 atom stereocenters. The monoisotopic (exact) mass is 268 g/mol. The number of rotatable bonds is 4. The molecule has 17 heavy (non-hydrogen) atoms. The van der Waals surface area contributed by atoms with Crippen LogP contribution in [0.25, 0.3) is 0 Å². The van der Waals surface area contributed by atoms with Crippen LogP contribution in [-0.4, -0.2) is 25.3 Å². The lowest BCUT2D eigenvalue weighted by molar-refractivity contribution is -0.134. The normalized spacial score (nSPS) is 12.6. The highest BCUT2D eigenvalue weighted by atomic mass is 32.2. The highest BCUT2D eigenvalue weighted by Crippen LogP contribution is 2.24. The van der Waals surface area contributed by atoms with Crippen molar-refractivity contribution >= 4 is 15.5 Å². The Balaban J connectivity index is 2.74. The zero-order chi connectivity index (χ0) is 13.1. The minimum absolute atomic E-state index is 0.0560. The van der Waals surface area contributed by atoms with Gasteiger partial charge in [-0.2, -0.15) is 13.2 Å². The van der Waals surface area contributed by atoms with Gasteiger partial charge in [0.05, 0.1) is 22.5 Å². The van der Waals surface area contributed by atoms with Crippen molar-refractivity contribution < 1.29 is 21.6 Å². The van der Waals surface area contributed by atoms with Crippen molar-refractivity contribution in [3.8, 4) is 0 Å². The Morgan fingerprint density at radius 1 is 1.35 bits per heavy atom. The molecule has 0 aliphatic rings. The van der Waals surface area contributed by atoms with Crippen LogP contribution in [0.5, 0.6) is 0 Å². The molecule has 2 N–H and O–H groups in total. The number of halogens is 3. The molecular formula is C9H11F3N2O2S. The van der Waals surface area contributed by atoms with E-state index in [1.54, 1.807) is 0 Å². The zero-order valence-electron chi connectivity index (χ0n) is 8.74. The van der Waals surface area contributed by atoms with E-state index in [-0.39, 0.29) is 10.6 Å². The molecule has 4 nitrogen and oxygen atoms in total. The van der Waals surface area contributed by atoms with E-state index >= 15 is 0 Å². The molecule has 0 saturated carbocycles. The predicted molar refractivity (Wildman–Crippen MR) is 56.0 cm³/mol. The molecular weight excluding hydrogens is 257 g/mol. The lowest BCUT2D eigenvalue weighted by Gasteiger charge is -2.08. The van der Waals surface area contributed by atoms with E-state index < -0.39 is 34.6 Å². The Kier molecular flexibility index (Phi) is 3.97. The number of hydrogen-bond acceptors (Lipinski definition) is 4. The predicted octanol–water partition coefficient (Wildman–Crippen LogP) is 1.78. The summed E-state index contributed by atoms with van der Waals surface area (Å²) in [5, 5.41) is 0. The summed E-state index contributed by atoms with van der Waals surface area (Å²) in [6.07, 6.45) is -3.58. The van der Waals surface area contributed by atoms with Gasteiger partial charge in [0.1, 0.15) is 0 Å². The van der Waals surface area contributed by atoms with Crippen LogP contribution in [0.15, 0.2) is 23.4 Å². The third kappa shape index (κ3) is 4.22. The second-order valence-electron chi connectivity index (χ2n) is 3.45. The second-order valence-corrected chi connectivity index (χ2v) is 5.53. The van der Waals surface area contributed by atoms with Crippen molar-refractivity contribution in [2.24, 2.45) is 0 Å². The first-order valence-electron chi connectivity index (χ1n) is 4.71. The SMILES string of the molecule is Nc1cnccc1S(=O)(=O)CCCC(F)(F)F. The summed E-state index contributed by atoms with van der Waals surface area (Å²) in [5.41, 5.74) is 5.34. The van der Waals surface area contributed by atoms with Crippen molar-refractivity contribution in [3.63, 3.8) is 0 Å². The molecule has 0 bridgehead atoms. The molecule has 0 saturated heterocycles. The summed E-state index contributed by atoms with van der Waals surface area (Å²) in [5.74, 6) is -0.583. The van der Waals surface area contributed by atoms with Crippen LogP contribution in [0.4, 0.5) is 18.9 Å². The van der Waals surface area contributed by atoms with Crippen LogP contribution >= 0.6 is 0 Å². The topological polar surface area (TPSA) is 73.0 Å². The molecule has 0 aliphatic heterocycles. The van der Waals surface area contributed by atoms with E-state index in [1.807, 2.05) is 0 Å². The van der Waals surface area contributed by atoms with Crippen molar-refractivity contribution in [1.82, 2.24) is 4.98 Å². The fourth-order valence-electron chi connectivity index (χ4n) is 1.25. The first-order valence-corrected chi connectivity index (χ1v) is 6.36. The van der Waals surface area contributed by atoms with Crippen LogP contribution < -0.4 is 5.73 Å².